The first kappa shape index (κ1) is 14.8. The fourth-order valence-electron chi connectivity index (χ4n) is 2.19. The van der Waals surface area contributed by atoms with Crippen molar-refractivity contribution in [2.45, 2.75) is 38.6 Å². The third-order valence-electron chi connectivity index (χ3n) is 3.19. The van der Waals surface area contributed by atoms with E-state index in [0.29, 0.717) is 26.0 Å². The summed E-state index contributed by atoms with van der Waals surface area (Å²) < 4.78 is 11.1. The Hall–Kier alpha value is -1.59. The molecule has 5 heteroatoms. The van der Waals surface area contributed by atoms with Crippen molar-refractivity contribution in [2.24, 2.45) is 0 Å². The van der Waals surface area contributed by atoms with Gasteiger partial charge in [-0.25, -0.2) is 0 Å². The molecule has 0 saturated carbocycles. The maximum atomic E-state index is 11.8. The first-order valence-corrected chi connectivity index (χ1v) is 6.87. The van der Waals surface area contributed by atoms with Crippen LogP contribution in [-0.2, 0) is 20.7 Å². The molecular formula is C15H22N2O3. The molecule has 0 aromatic heterocycles. The van der Waals surface area contributed by atoms with Crippen LogP contribution in [-0.4, -0.2) is 30.9 Å². The average Bonchev–Trinajstić information content (AvgIpc) is 2.74. The van der Waals surface area contributed by atoms with Crippen LogP contribution in [0, 0.1) is 0 Å². The molecule has 1 aromatic rings. The Kier molecular flexibility index (Phi) is 4.62. The van der Waals surface area contributed by atoms with Crippen LogP contribution in [0.3, 0.4) is 0 Å². The molecule has 0 bridgehead atoms. The number of anilines is 1. The summed E-state index contributed by atoms with van der Waals surface area (Å²) in [7, 11) is 0. The molecule has 1 fully saturated rings. The minimum absolute atomic E-state index is 0.0146. The highest BCUT2D eigenvalue weighted by Gasteiger charge is 2.32. The minimum atomic E-state index is -0.545. The van der Waals surface area contributed by atoms with Gasteiger partial charge in [0.1, 0.15) is 6.10 Å². The first-order chi connectivity index (χ1) is 9.44. The molecule has 110 valence electrons. The summed E-state index contributed by atoms with van der Waals surface area (Å²) in [5.41, 5.74) is 7.50. The lowest BCUT2D eigenvalue weighted by Gasteiger charge is -2.17. The molecule has 1 aliphatic rings. The summed E-state index contributed by atoms with van der Waals surface area (Å²) in [6.07, 6.45) is 1.06. The number of amides is 1. The average molecular weight is 278 g/mol. The third-order valence-corrected chi connectivity index (χ3v) is 3.19. The largest absolute Gasteiger partial charge is 0.399 e. The third kappa shape index (κ3) is 4.51. The Labute approximate surface area is 119 Å². The molecule has 0 aliphatic carbocycles. The quantitative estimate of drug-likeness (QED) is 0.800. The fraction of sp³-hybridized carbons (Fsp3) is 0.533. The van der Waals surface area contributed by atoms with E-state index in [2.05, 4.69) is 5.32 Å². The number of carbonyl (C=O) groups excluding carboxylic acids is 1. The zero-order valence-electron chi connectivity index (χ0n) is 12.0. The van der Waals surface area contributed by atoms with Crippen LogP contribution < -0.4 is 11.1 Å². The molecule has 1 heterocycles. The molecule has 1 atom stereocenters. The highest BCUT2D eigenvalue weighted by atomic mass is 16.7. The van der Waals surface area contributed by atoms with E-state index in [9.17, 15) is 4.79 Å². The van der Waals surface area contributed by atoms with Crippen LogP contribution in [0.5, 0.6) is 0 Å². The molecule has 0 spiro atoms. The topological polar surface area (TPSA) is 73.6 Å². The number of rotatable bonds is 5. The molecule has 5 nitrogen and oxygen atoms in total. The number of nitrogen functional groups attached to an aromatic ring is 1. The van der Waals surface area contributed by atoms with E-state index in [1.165, 1.54) is 0 Å². The second-order valence-corrected chi connectivity index (χ2v) is 5.50. The van der Waals surface area contributed by atoms with Crippen molar-refractivity contribution in [1.82, 2.24) is 5.32 Å². The number of nitrogens with one attached hydrogen (secondary N) is 1. The Morgan fingerprint density at radius 2 is 2.30 bits per heavy atom. The number of benzene rings is 1. The van der Waals surface area contributed by atoms with Crippen LogP contribution in [0.1, 0.15) is 25.8 Å². The number of hydrogen-bond acceptors (Lipinski definition) is 4. The summed E-state index contributed by atoms with van der Waals surface area (Å²) in [6.45, 7) is 4.74. The summed E-state index contributed by atoms with van der Waals surface area (Å²) in [6, 6.07) is 7.60. The lowest BCUT2D eigenvalue weighted by atomic mass is 10.1. The van der Waals surface area contributed by atoms with Gasteiger partial charge in [-0.2, -0.15) is 0 Å². The molecule has 1 saturated heterocycles. The first-order valence-electron chi connectivity index (χ1n) is 6.87. The van der Waals surface area contributed by atoms with Gasteiger partial charge < -0.3 is 20.5 Å². The van der Waals surface area contributed by atoms with Crippen molar-refractivity contribution >= 4 is 11.6 Å². The monoisotopic (exact) mass is 278 g/mol. The number of ether oxygens (including phenoxy) is 2. The highest BCUT2D eigenvalue weighted by Crippen LogP contribution is 2.21. The van der Waals surface area contributed by atoms with Gasteiger partial charge in [0.2, 0.25) is 5.91 Å². The summed E-state index contributed by atoms with van der Waals surface area (Å²) in [5, 5.41) is 2.87. The van der Waals surface area contributed by atoms with Crippen molar-refractivity contribution in [2.75, 3.05) is 18.9 Å². The van der Waals surface area contributed by atoms with Gasteiger partial charge in [0.25, 0.3) is 0 Å². The van der Waals surface area contributed by atoms with Gasteiger partial charge in [-0.3, -0.25) is 4.79 Å². The van der Waals surface area contributed by atoms with E-state index in [1.807, 2.05) is 38.1 Å². The Bertz CT molecular complexity index is 474. The SMILES string of the molecule is CC1(C)OCC(CNC(=O)CCc2cccc(N)c2)O1. The van der Waals surface area contributed by atoms with Crippen LogP contribution in [0.2, 0.25) is 0 Å². The summed E-state index contributed by atoms with van der Waals surface area (Å²) >= 11 is 0. The highest BCUT2D eigenvalue weighted by molar-refractivity contribution is 5.76. The van der Waals surface area contributed by atoms with Crippen LogP contribution in [0.15, 0.2) is 24.3 Å². The van der Waals surface area contributed by atoms with Crippen LogP contribution in [0.4, 0.5) is 5.69 Å². The standard InChI is InChI=1S/C15H22N2O3/c1-15(2)19-10-13(20-15)9-17-14(18)7-6-11-4-3-5-12(16)8-11/h3-5,8,13H,6-7,9-10,16H2,1-2H3,(H,17,18). The van der Waals surface area contributed by atoms with Gasteiger partial charge in [-0.05, 0) is 38.0 Å². The van der Waals surface area contributed by atoms with Crippen molar-refractivity contribution in [3.63, 3.8) is 0 Å². The van der Waals surface area contributed by atoms with E-state index in [0.717, 1.165) is 11.3 Å². The molecule has 1 aliphatic heterocycles. The predicted octanol–water partition coefficient (Wildman–Crippen LogP) is 1.47. The smallest absolute Gasteiger partial charge is 0.220 e. The second-order valence-electron chi connectivity index (χ2n) is 5.50. The van der Waals surface area contributed by atoms with Crippen LogP contribution >= 0.6 is 0 Å². The summed E-state index contributed by atoms with van der Waals surface area (Å²) in [5.74, 6) is -0.530. The predicted molar refractivity (Wildman–Crippen MR) is 77.1 cm³/mol. The zero-order chi connectivity index (χ0) is 14.6. The molecule has 2 rings (SSSR count). The number of hydrogen-bond donors (Lipinski definition) is 2. The van der Waals surface area contributed by atoms with Crippen molar-refractivity contribution < 1.29 is 14.3 Å². The Morgan fingerprint density at radius 1 is 1.50 bits per heavy atom. The molecule has 20 heavy (non-hydrogen) atoms. The molecule has 1 aromatic carbocycles. The lowest BCUT2D eigenvalue weighted by Crippen LogP contribution is -2.34. The normalized spacial score (nSPS) is 20.8. The van der Waals surface area contributed by atoms with E-state index in [4.69, 9.17) is 15.2 Å². The molecule has 1 amide bonds. The lowest BCUT2D eigenvalue weighted by molar-refractivity contribution is -0.139. The molecule has 3 N–H and O–H groups in total. The molecular weight excluding hydrogens is 256 g/mol. The van der Waals surface area contributed by atoms with E-state index < -0.39 is 5.79 Å². The van der Waals surface area contributed by atoms with Gasteiger partial charge in [0.05, 0.1) is 6.61 Å². The van der Waals surface area contributed by atoms with Gasteiger partial charge in [-0.1, -0.05) is 12.1 Å². The maximum Gasteiger partial charge on any atom is 0.220 e. The van der Waals surface area contributed by atoms with Gasteiger partial charge in [0.15, 0.2) is 5.79 Å². The number of nitrogens with two attached hydrogens (primary N) is 1. The maximum absolute atomic E-state index is 11.8. The van der Waals surface area contributed by atoms with Crippen molar-refractivity contribution in [3.05, 3.63) is 29.8 Å². The fourth-order valence-corrected chi connectivity index (χ4v) is 2.19. The Morgan fingerprint density at radius 3 is 2.95 bits per heavy atom. The van der Waals surface area contributed by atoms with E-state index in [1.54, 1.807) is 0 Å². The van der Waals surface area contributed by atoms with Gasteiger partial charge in [0, 0.05) is 18.7 Å². The Balaban J connectivity index is 1.68. The van der Waals surface area contributed by atoms with Crippen LogP contribution in [0.25, 0.3) is 0 Å². The van der Waals surface area contributed by atoms with E-state index >= 15 is 0 Å². The van der Waals surface area contributed by atoms with Crippen molar-refractivity contribution in [1.29, 1.82) is 0 Å². The van der Waals surface area contributed by atoms with Gasteiger partial charge in [-0.15, -0.1) is 0 Å². The number of aryl methyl sites for hydroxylation is 1. The second kappa shape index (κ2) is 6.24. The molecule has 0 radical (unpaired) electrons. The molecule has 1 unspecified atom stereocenters. The minimum Gasteiger partial charge on any atom is -0.399 e. The zero-order valence-corrected chi connectivity index (χ0v) is 12.0. The number of carbonyl (C=O) groups is 1. The van der Waals surface area contributed by atoms with Gasteiger partial charge >= 0.3 is 0 Å². The summed E-state index contributed by atoms with van der Waals surface area (Å²) in [4.78, 5) is 11.8. The van der Waals surface area contributed by atoms with E-state index in [-0.39, 0.29) is 12.0 Å². The van der Waals surface area contributed by atoms with Crippen molar-refractivity contribution in [3.8, 4) is 0 Å².